The van der Waals surface area contributed by atoms with Crippen LogP contribution in [0.25, 0.3) is 0 Å². The van der Waals surface area contributed by atoms with Crippen LogP contribution in [0.4, 0.5) is 8.78 Å². The zero-order valence-corrected chi connectivity index (χ0v) is 10.7. The Bertz CT molecular complexity index is 434. The second kappa shape index (κ2) is 5.24. The van der Waals surface area contributed by atoms with E-state index in [4.69, 9.17) is 10.5 Å². The molecule has 7 nitrogen and oxygen atoms in total. The first-order chi connectivity index (χ1) is 9.33. The minimum absolute atomic E-state index is 0.0370. The Hall–Kier alpha value is -1.29. The molecule has 5 N–H and O–H groups in total. The molecule has 0 aliphatic carbocycles. The first kappa shape index (κ1) is 15.1. The van der Waals surface area contributed by atoms with Crippen LogP contribution in [-0.2, 0) is 4.74 Å². The highest BCUT2D eigenvalue weighted by atomic mass is 19.1. The van der Waals surface area contributed by atoms with Crippen LogP contribution in [0.3, 0.4) is 0 Å². The monoisotopic (exact) mass is 293 g/mol. The van der Waals surface area contributed by atoms with Crippen molar-refractivity contribution in [3.05, 3.63) is 12.3 Å². The molecule has 1 saturated heterocycles. The summed E-state index contributed by atoms with van der Waals surface area (Å²) in [7, 11) is 0. The second-order valence-corrected chi connectivity index (χ2v) is 4.79. The number of hydrogen-bond acceptors (Lipinski definition) is 7. The summed E-state index contributed by atoms with van der Waals surface area (Å²) in [6.07, 6.45) is -6.19. The molecular formula is C11H17F2N3O4. The van der Waals surface area contributed by atoms with Gasteiger partial charge in [0.05, 0.1) is 6.61 Å². The maximum Gasteiger partial charge on any atom is 0.229 e. The quantitative estimate of drug-likeness (QED) is 0.509. The van der Waals surface area contributed by atoms with Gasteiger partial charge in [-0.2, -0.15) is 0 Å². The number of nitrogens with zero attached hydrogens (tertiary/aromatic N) is 2. The Morgan fingerprint density at radius 2 is 2.25 bits per heavy atom. The third kappa shape index (κ3) is 2.16. The molecular weight excluding hydrogens is 276 g/mol. The average molecular weight is 293 g/mol. The molecule has 0 aromatic rings. The van der Waals surface area contributed by atoms with Gasteiger partial charge in [0.2, 0.25) is 6.35 Å². The summed E-state index contributed by atoms with van der Waals surface area (Å²) < 4.78 is 33.0. The molecule has 0 bridgehead atoms. The Balaban J connectivity index is 2.25. The highest BCUT2D eigenvalue weighted by Gasteiger charge is 2.60. The van der Waals surface area contributed by atoms with E-state index in [2.05, 4.69) is 4.99 Å². The molecule has 2 heterocycles. The molecule has 1 fully saturated rings. The van der Waals surface area contributed by atoms with Gasteiger partial charge in [-0.1, -0.05) is 0 Å². The molecule has 9 heteroatoms. The van der Waals surface area contributed by atoms with Gasteiger partial charge in [0.1, 0.15) is 18.1 Å². The van der Waals surface area contributed by atoms with E-state index in [1.54, 1.807) is 0 Å². The number of aliphatic imine (C=N–C) groups is 1. The van der Waals surface area contributed by atoms with Gasteiger partial charge in [0, 0.05) is 6.20 Å². The van der Waals surface area contributed by atoms with Crippen LogP contribution in [-0.4, -0.2) is 69.3 Å². The molecule has 0 saturated carbocycles. The molecule has 2 rings (SSSR count). The first-order valence-corrected chi connectivity index (χ1v) is 6.05. The van der Waals surface area contributed by atoms with Crippen molar-refractivity contribution in [2.75, 3.05) is 6.61 Å². The van der Waals surface area contributed by atoms with E-state index in [1.165, 1.54) is 12.3 Å². The summed E-state index contributed by atoms with van der Waals surface area (Å²) in [4.78, 5) is 4.54. The molecule has 6 atom stereocenters. The molecule has 2 aliphatic heterocycles. The first-order valence-electron chi connectivity index (χ1n) is 6.05. The standard InChI is InChI=1S/C11H17F2N3O4/c1-5(12)11(4-17)8(18)7(13)9(20-11)16-3-2-6(14)15-10(16)19/h2-3,5,7-10,17-19H,4H2,1H3,(H2,14,15)/t5?,7-,8+,9-,10?,11+/m1/s1. The summed E-state index contributed by atoms with van der Waals surface area (Å²) >= 11 is 0. The maximum absolute atomic E-state index is 14.2. The van der Waals surface area contributed by atoms with Crippen molar-refractivity contribution in [2.24, 2.45) is 10.7 Å². The van der Waals surface area contributed by atoms with Crippen LogP contribution in [0.5, 0.6) is 0 Å². The number of amidine groups is 1. The summed E-state index contributed by atoms with van der Waals surface area (Å²) in [5, 5.41) is 28.8. The van der Waals surface area contributed by atoms with E-state index >= 15 is 0 Å². The van der Waals surface area contributed by atoms with E-state index in [0.717, 1.165) is 11.8 Å². The number of nitrogens with two attached hydrogens (primary N) is 1. The lowest BCUT2D eigenvalue weighted by Gasteiger charge is -2.34. The van der Waals surface area contributed by atoms with Crippen molar-refractivity contribution in [1.82, 2.24) is 4.90 Å². The van der Waals surface area contributed by atoms with Crippen molar-refractivity contribution >= 4 is 5.84 Å². The van der Waals surface area contributed by atoms with Crippen LogP contribution in [0.2, 0.25) is 0 Å². The smallest absolute Gasteiger partial charge is 0.229 e. The number of rotatable bonds is 3. The van der Waals surface area contributed by atoms with Crippen LogP contribution in [0.1, 0.15) is 6.92 Å². The van der Waals surface area contributed by atoms with Crippen molar-refractivity contribution in [2.45, 2.75) is 43.6 Å². The van der Waals surface area contributed by atoms with Gasteiger partial charge < -0.3 is 30.7 Å². The number of halogens is 2. The molecule has 0 amide bonds. The van der Waals surface area contributed by atoms with Crippen molar-refractivity contribution in [3.63, 3.8) is 0 Å². The van der Waals surface area contributed by atoms with Gasteiger partial charge in [-0.25, -0.2) is 13.8 Å². The third-order valence-electron chi connectivity index (χ3n) is 3.58. The normalized spacial score (nSPS) is 42.7. The van der Waals surface area contributed by atoms with E-state index in [9.17, 15) is 24.1 Å². The van der Waals surface area contributed by atoms with E-state index in [0.29, 0.717) is 0 Å². The van der Waals surface area contributed by atoms with Crippen molar-refractivity contribution in [3.8, 4) is 0 Å². The zero-order valence-electron chi connectivity index (χ0n) is 10.7. The fourth-order valence-electron chi connectivity index (χ4n) is 2.29. The molecule has 2 unspecified atom stereocenters. The van der Waals surface area contributed by atoms with Crippen LogP contribution < -0.4 is 5.73 Å². The van der Waals surface area contributed by atoms with Gasteiger partial charge in [0.15, 0.2) is 18.0 Å². The van der Waals surface area contributed by atoms with Crippen LogP contribution in [0.15, 0.2) is 17.3 Å². The summed E-state index contributed by atoms with van der Waals surface area (Å²) in [6, 6.07) is 0. The molecule has 0 spiro atoms. The van der Waals surface area contributed by atoms with Crippen LogP contribution in [0, 0.1) is 0 Å². The summed E-state index contributed by atoms with van der Waals surface area (Å²) in [5.41, 5.74) is 3.29. The molecule has 0 aromatic heterocycles. The van der Waals surface area contributed by atoms with E-state index < -0.39 is 43.2 Å². The molecule has 114 valence electrons. The van der Waals surface area contributed by atoms with Gasteiger partial charge in [0.25, 0.3) is 0 Å². The lowest BCUT2D eigenvalue weighted by atomic mass is 9.92. The Morgan fingerprint density at radius 3 is 2.70 bits per heavy atom. The molecule has 0 radical (unpaired) electrons. The second-order valence-electron chi connectivity index (χ2n) is 4.79. The fraction of sp³-hybridized carbons (Fsp3) is 0.727. The minimum atomic E-state index is -2.08. The Kier molecular flexibility index (Phi) is 3.96. The van der Waals surface area contributed by atoms with Gasteiger partial charge in [-0.3, -0.25) is 0 Å². The third-order valence-corrected chi connectivity index (χ3v) is 3.58. The topological polar surface area (TPSA) is 112 Å². The van der Waals surface area contributed by atoms with Crippen molar-refractivity contribution < 1.29 is 28.8 Å². The Morgan fingerprint density at radius 1 is 1.60 bits per heavy atom. The summed E-state index contributed by atoms with van der Waals surface area (Å²) in [6.45, 7) is 0.148. The zero-order chi connectivity index (χ0) is 15.1. The number of aliphatic hydroxyl groups excluding tert-OH is 3. The Labute approximate surface area is 114 Å². The minimum Gasteiger partial charge on any atom is -0.393 e. The summed E-state index contributed by atoms with van der Waals surface area (Å²) in [5.74, 6) is 0.0370. The van der Waals surface area contributed by atoms with Gasteiger partial charge in [-0.15, -0.1) is 0 Å². The van der Waals surface area contributed by atoms with Crippen LogP contribution >= 0.6 is 0 Å². The predicted octanol–water partition coefficient (Wildman–Crippen LogP) is -1.41. The largest absolute Gasteiger partial charge is 0.393 e. The predicted molar refractivity (Wildman–Crippen MR) is 64.8 cm³/mol. The number of aliphatic hydroxyl groups is 3. The van der Waals surface area contributed by atoms with Gasteiger partial charge >= 0.3 is 0 Å². The maximum atomic E-state index is 14.2. The van der Waals surface area contributed by atoms with Gasteiger partial charge in [-0.05, 0) is 13.0 Å². The number of ether oxygens (including phenoxy) is 1. The average Bonchev–Trinajstić information content (AvgIpc) is 2.64. The lowest BCUT2D eigenvalue weighted by Crippen LogP contribution is -2.52. The number of hydrogen-bond donors (Lipinski definition) is 4. The molecule has 20 heavy (non-hydrogen) atoms. The number of alkyl halides is 2. The molecule has 0 aromatic carbocycles. The lowest BCUT2D eigenvalue weighted by molar-refractivity contribution is -0.185. The van der Waals surface area contributed by atoms with Crippen molar-refractivity contribution in [1.29, 1.82) is 0 Å². The van der Waals surface area contributed by atoms with E-state index in [1.807, 2.05) is 0 Å². The fourth-order valence-corrected chi connectivity index (χ4v) is 2.29. The highest BCUT2D eigenvalue weighted by molar-refractivity contribution is 5.91. The molecule has 2 aliphatic rings. The SMILES string of the molecule is CC(F)[C@]1(CO)O[C@@H](N2C=CC(N)=NC2O)[C@H](F)[C@@H]1O. The highest BCUT2D eigenvalue weighted by Crippen LogP contribution is 2.39. The van der Waals surface area contributed by atoms with E-state index in [-0.39, 0.29) is 5.84 Å².